The number of benzene rings is 1. The third-order valence-corrected chi connectivity index (χ3v) is 7.01. The van der Waals surface area contributed by atoms with E-state index in [1.54, 1.807) is 23.2 Å². The zero-order valence-electron chi connectivity index (χ0n) is 18.8. The van der Waals surface area contributed by atoms with Gasteiger partial charge in [-0.1, -0.05) is 6.07 Å². The molecule has 1 aromatic carbocycles. The number of anilines is 2. The monoisotopic (exact) mass is 507 g/mol. The van der Waals surface area contributed by atoms with E-state index in [4.69, 9.17) is 5.11 Å². The number of hydrogen-bond donors (Lipinski definition) is 3. The van der Waals surface area contributed by atoms with Crippen LogP contribution >= 0.6 is 11.3 Å². The van der Waals surface area contributed by atoms with Crippen LogP contribution in [-0.4, -0.2) is 55.7 Å². The van der Waals surface area contributed by atoms with Gasteiger partial charge in [0.2, 0.25) is 11.9 Å². The SMILES string of the molecule is Cc1cc(Nc2nccc(C(F)(F)F)n2)cc(-c2cnc([C@]3(O)CCCN(C(=O)CO)CC3)s2)c1. The predicted octanol–water partition coefficient (Wildman–Crippen LogP) is 3.86. The van der Waals surface area contributed by atoms with Crippen LogP contribution < -0.4 is 5.32 Å². The van der Waals surface area contributed by atoms with Gasteiger partial charge in [0.05, 0.1) is 4.88 Å². The molecule has 3 N–H and O–H groups in total. The molecule has 0 bridgehead atoms. The van der Waals surface area contributed by atoms with Crippen LogP contribution in [-0.2, 0) is 16.6 Å². The van der Waals surface area contributed by atoms with E-state index >= 15 is 0 Å². The molecule has 186 valence electrons. The number of rotatable bonds is 5. The van der Waals surface area contributed by atoms with E-state index in [0.717, 1.165) is 28.3 Å². The lowest BCUT2D eigenvalue weighted by atomic mass is 9.96. The third-order valence-electron chi connectivity index (χ3n) is 5.77. The summed E-state index contributed by atoms with van der Waals surface area (Å²) in [6.07, 6.45) is -0.558. The fourth-order valence-corrected chi connectivity index (χ4v) is 5.06. The fraction of sp³-hybridized carbons (Fsp3) is 0.391. The van der Waals surface area contributed by atoms with Crippen LogP contribution in [0.15, 0.2) is 36.7 Å². The van der Waals surface area contributed by atoms with Gasteiger partial charge < -0.3 is 20.4 Å². The van der Waals surface area contributed by atoms with Gasteiger partial charge in [-0.2, -0.15) is 13.2 Å². The van der Waals surface area contributed by atoms with Crippen molar-refractivity contribution in [3.8, 4) is 10.4 Å². The maximum atomic E-state index is 13.0. The molecule has 1 amide bonds. The molecular weight excluding hydrogens is 483 g/mol. The second kappa shape index (κ2) is 9.88. The number of nitrogens with one attached hydrogen (secondary N) is 1. The van der Waals surface area contributed by atoms with Gasteiger partial charge in [0, 0.05) is 37.6 Å². The maximum absolute atomic E-state index is 13.0. The van der Waals surface area contributed by atoms with Gasteiger partial charge in [-0.15, -0.1) is 11.3 Å². The number of aliphatic hydroxyl groups excluding tert-OH is 1. The summed E-state index contributed by atoms with van der Waals surface area (Å²) in [5.74, 6) is -0.533. The summed E-state index contributed by atoms with van der Waals surface area (Å²) in [4.78, 5) is 26.0. The zero-order chi connectivity index (χ0) is 25.2. The Morgan fingerprint density at radius 1 is 1.23 bits per heavy atom. The van der Waals surface area contributed by atoms with Gasteiger partial charge in [-0.25, -0.2) is 15.0 Å². The Kier molecular flexibility index (Phi) is 7.06. The minimum absolute atomic E-state index is 0.170. The first-order valence-electron chi connectivity index (χ1n) is 10.9. The second-order valence-electron chi connectivity index (χ2n) is 8.43. The largest absolute Gasteiger partial charge is 0.433 e. The van der Waals surface area contributed by atoms with Gasteiger partial charge in [0.1, 0.15) is 22.9 Å². The molecule has 1 aliphatic rings. The highest BCUT2D eigenvalue weighted by atomic mass is 32.1. The smallest absolute Gasteiger partial charge is 0.387 e. The van der Waals surface area contributed by atoms with Crippen LogP contribution in [0.4, 0.5) is 24.8 Å². The van der Waals surface area contributed by atoms with Crippen molar-refractivity contribution < 1.29 is 28.2 Å². The topological polar surface area (TPSA) is 111 Å². The van der Waals surface area contributed by atoms with Crippen molar-refractivity contribution in [3.05, 3.63) is 52.9 Å². The van der Waals surface area contributed by atoms with E-state index < -0.39 is 24.1 Å². The molecule has 2 aromatic heterocycles. The molecule has 3 aromatic rings. The molecule has 0 spiro atoms. The van der Waals surface area contributed by atoms with Crippen molar-refractivity contribution >= 4 is 28.9 Å². The summed E-state index contributed by atoms with van der Waals surface area (Å²) in [7, 11) is 0. The summed E-state index contributed by atoms with van der Waals surface area (Å²) >= 11 is 1.32. The molecule has 0 saturated carbocycles. The lowest BCUT2D eigenvalue weighted by Crippen LogP contribution is -2.35. The highest BCUT2D eigenvalue weighted by molar-refractivity contribution is 7.15. The normalized spacial score (nSPS) is 18.9. The number of aromatic nitrogens is 3. The number of thiazole rings is 1. The lowest BCUT2D eigenvalue weighted by Gasteiger charge is -2.24. The average molecular weight is 508 g/mol. The van der Waals surface area contributed by atoms with Gasteiger partial charge >= 0.3 is 6.18 Å². The van der Waals surface area contributed by atoms with E-state index in [-0.39, 0.29) is 11.9 Å². The lowest BCUT2D eigenvalue weighted by molar-refractivity contribution is -0.141. The zero-order valence-corrected chi connectivity index (χ0v) is 19.7. The molecule has 1 atom stereocenters. The molecule has 1 saturated heterocycles. The van der Waals surface area contributed by atoms with Crippen LogP contribution in [0.1, 0.15) is 35.5 Å². The highest BCUT2D eigenvalue weighted by Gasteiger charge is 2.36. The quantitative estimate of drug-likeness (QED) is 0.481. The Bertz CT molecular complexity index is 1220. The van der Waals surface area contributed by atoms with Crippen LogP contribution in [0.5, 0.6) is 0 Å². The van der Waals surface area contributed by atoms with Crippen molar-refractivity contribution in [1.29, 1.82) is 0 Å². The van der Waals surface area contributed by atoms with Crippen molar-refractivity contribution in [2.75, 3.05) is 25.0 Å². The number of halogens is 3. The number of amides is 1. The summed E-state index contributed by atoms with van der Waals surface area (Å²) in [5.41, 5.74) is -0.0771. The fourth-order valence-electron chi connectivity index (χ4n) is 4.01. The number of carbonyl (C=O) groups excluding carboxylic acids is 1. The molecule has 4 rings (SSSR count). The molecule has 35 heavy (non-hydrogen) atoms. The number of nitrogens with zero attached hydrogens (tertiary/aromatic N) is 4. The molecule has 0 unspecified atom stereocenters. The first-order valence-corrected chi connectivity index (χ1v) is 11.8. The standard InChI is InChI=1S/C23H24F3N5O3S/c1-14-9-15(11-16(10-14)29-21-27-6-3-18(30-21)23(24,25)26)17-12-28-20(35-17)22(34)4-2-7-31(8-5-22)19(33)13-32/h3,6,9-12,32,34H,2,4-5,7-8,13H2,1H3,(H,27,29,30)/t22-/m0/s1. The van der Waals surface area contributed by atoms with Gasteiger partial charge in [-0.3, -0.25) is 4.79 Å². The number of likely N-dealkylation sites (tertiary alicyclic amines) is 1. The number of aliphatic hydroxyl groups is 2. The van der Waals surface area contributed by atoms with Crippen LogP contribution in [0.25, 0.3) is 10.4 Å². The Morgan fingerprint density at radius 3 is 2.77 bits per heavy atom. The van der Waals surface area contributed by atoms with Crippen molar-refractivity contribution in [3.63, 3.8) is 0 Å². The summed E-state index contributed by atoms with van der Waals surface area (Å²) in [6.45, 7) is 2.08. The van der Waals surface area contributed by atoms with Crippen LogP contribution in [0.3, 0.4) is 0 Å². The highest BCUT2D eigenvalue weighted by Crippen LogP contribution is 2.39. The van der Waals surface area contributed by atoms with Crippen molar-refractivity contribution in [1.82, 2.24) is 19.9 Å². The van der Waals surface area contributed by atoms with E-state index in [0.29, 0.717) is 43.0 Å². The molecule has 1 aliphatic heterocycles. The van der Waals surface area contributed by atoms with Crippen LogP contribution in [0, 0.1) is 6.92 Å². The first kappa shape index (κ1) is 25.0. The number of aryl methyl sites for hydroxylation is 1. The van der Waals surface area contributed by atoms with Crippen molar-refractivity contribution in [2.24, 2.45) is 0 Å². The van der Waals surface area contributed by atoms with E-state index in [2.05, 4.69) is 20.3 Å². The Balaban J connectivity index is 1.55. The molecule has 1 fully saturated rings. The third kappa shape index (κ3) is 5.77. The Morgan fingerprint density at radius 2 is 2.03 bits per heavy atom. The van der Waals surface area contributed by atoms with Gasteiger partial charge in [0.15, 0.2) is 0 Å². The predicted molar refractivity (Wildman–Crippen MR) is 124 cm³/mol. The number of hydrogen-bond acceptors (Lipinski definition) is 8. The first-order chi connectivity index (χ1) is 16.6. The summed E-state index contributed by atoms with van der Waals surface area (Å²) in [6, 6.07) is 6.24. The van der Waals surface area contributed by atoms with Gasteiger partial charge in [-0.05, 0) is 49.1 Å². The number of carbonyl (C=O) groups is 1. The molecule has 12 heteroatoms. The second-order valence-corrected chi connectivity index (χ2v) is 9.46. The molecule has 3 heterocycles. The molecule has 0 aliphatic carbocycles. The molecule has 8 nitrogen and oxygen atoms in total. The average Bonchev–Trinajstić information content (AvgIpc) is 3.23. The molecule has 0 radical (unpaired) electrons. The minimum Gasteiger partial charge on any atom is -0.387 e. The number of alkyl halides is 3. The van der Waals surface area contributed by atoms with E-state index in [9.17, 15) is 23.1 Å². The summed E-state index contributed by atoms with van der Waals surface area (Å²) < 4.78 is 38.9. The minimum atomic E-state index is -4.57. The maximum Gasteiger partial charge on any atom is 0.433 e. The van der Waals surface area contributed by atoms with Crippen LogP contribution in [0.2, 0.25) is 0 Å². The Labute approximate surface area is 203 Å². The van der Waals surface area contributed by atoms with Gasteiger partial charge in [0.25, 0.3) is 0 Å². The summed E-state index contributed by atoms with van der Waals surface area (Å²) in [5, 5.41) is 23.8. The Hall–Kier alpha value is -3.09. The van der Waals surface area contributed by atoms with E-state index in [1.165, 1.54) is 11.3 Å². The van der Waals surface area contributed by atoms with Crippen molar-refractivity contribution in [2.45, 2.75) is 38.0 Å². The molecular formula is C23H24F3N5O3S. The van der Waals surface area contributed by atoms with E-state index in [1.807, 2.05) is 13.0 Å².